The first-order valence-corrected chi connectivity index (χ1v) is 12.5. The first kappa shape index (κ1) is 22.1. The van der Waals surface area contributed by atoms with Crippen molar-refractivity contribution in [1.29, 1.82) is 5.26 Å². The normalized spacial score (nSPS) is 19.3. The maximum Gasteiger partial charge on any atom is 0.124 e. The summed E-state index contributed by atoms with van der Waals surface area (Å²) in [5, 5.41) is 11.8. The first-order valence-electron chi connectivity index (χ1n) is 11.7. The van der Waals surface area contributed by atoms with Crippen LogP contribution < -0.4 is 0 Å². The van der Waals surface area contributed by atoms with E-state index in [-0.39, 0.29) is 12.4 Å². The molecule has 2 aliphatic carbocycles. The minimum Gasteiger partial charge on any atom is -0.242 e. The standard InChI is InChI=1S/C29H26N2S.ClH/c1-19-11-13-20(14-12-19)26-23-17-29(18-30,21-7-3-2-4-8-21)16-15-24(23)31-28-27(26)22-9-5-6-10-25(22)32-28;/h2-4,7-8,11-14H,5-6,9-10,15-17H2,1H3;1H. The van der Waals surface area contributed by atoms with E-state index in [0.717, 1.165) is 31.2 Å². The van der Waals surface area contributed by atoms with Gasteiger partial charge in [0, 0.05) is 16.0 Å². The van der Waals surface area contributed by atoms with Crippen molar-refractivity contribution in [2.75, 3.05) is 0 Å². The number of halogens is 1. The molecule has 0 fully saturated rings. The SMILES string of the molecule is Cc1ccc(-c2c3c(nc4sc5c(c24)CCCC5)CCC(C#N)(c2ccccc2)C3)cc1.Cl. The second-order valence-corrected chi connectivity index (χ2v) is 10.5. The van der Waals surface area contributed by atoms with Crippen molar-refractivity contribution in [3.05, 3.63) is 87.4 Å². The second-order valence-electron chi connectivity index (χ2n) is 9.41. The zero-order valence-corrected chi connectivity index (χ0v) is 20.5. The van der Waals surface area contributed by atoms with Crippen LogP contribution in [0, 0.1) is 18.3 Å². The Hall–Kier alpha value is -2.67. The molecule has 6 rings (SSSR count). The van der Waals surface area contributed by atoms with E-state index in [1.54, 1.807) is 0 Å². The zero-order chi connectivity index (χ0) is 21.7. The number of rotatable bonds is 2. The maximum atomic E-state index is 10.4. The van der Waals surface area contributed by atoms with Gasteiger partial charge in [-0.1, -0.05) is 60.2 Å². The molecule has 2 aliphatic rings. The topological polar surface area (TPSA) is 36.7 Å². The van der Waals surface area contributed by atoms with Gasteiger partial charge >= 0.3 is 0 Å². The second kappa shape index (κ2) is 8.60. The van der Waals surface area contributed by atoms with Crippen LogP contribution in [0.5, 0.6) is 0 Å². The summed E-state index contributed by atoms with van der Waals surface area (Å²) in [6.45, 7) is 2.14. The molecule has 2 nitrogen and oxygen atoms in total. The molecule has 0 aliphatic heterocycles. The third-order valence-electron chi connectivity index (χ3n) is 7.44. The van der Waals surface area contributed by atoms with Crippen molar-refractivity contribution >= 4 is 34.0 Å². The van der Waals surface area contributed by atoms with Crippen molar-refractivity contribution in [3.63, 3.8) is 0 Å². The van der Waals surface area contributed by atoms with Crippen LogP contribution >= 0.6 is 23.7 Å². The fourth-order valence-electron chi connectivity index (χ4n) is 5.69. The number of hydrogen-bond acceptors (Lipinski definition) is 3. The number of benzene rings is 2. The van der Waals surface area contributed by atoms with Gasteiger partial charge in [-0.25, -0.2) is 4.98 Å². The van der Waals surface area contributed by atoms with Crippen molar-refractivity contribution in [1.82, 2.24) is 4.98 Å². The van der Waals surface area contributed by atoms with Crippen LogP contribution in [-0.2, 0) is 31.1 Å². The van der Waals surface area contributed by atoms with E-state index in [2.05, 4.69) is 61.5 Å². The largest absolute Gasteiger partial charge is 0.242 e. The molecule has 0 spiro atoms. The highest BCUT2D eigenvalue weighted by atomic mass is 35.5. The number of thiophene rings is 1. The summed E-state index contributed by atoms with van der Waals surface area (Å²) in [5.41, 5.74) is 8.56. The number of fused-ring (bicyclic) bond motifs is 4. The molecule has 0 saturated carbocycles. The summed E-state index contributed by atoms with van der Waals surface area (Å²) < 4.78 is 0. The molecule has 1 atom stereocenters. The Labute approximate surface area is 205 Å². The van der Waals surface area contributed by atoms with Gasteiger partial charge in [-0.05, 0) is 79.7 Å². The molecule has 2 aromatic carbocycles. The van der Waals surface area contributed by atoms with E-state index >= 15 is 0 Å². The van der Waals surface area contributed by atoms with Gasteiger partial charge in [0.25, 0.3) is 0 Å². The molecule has 0 saturated heterocycles. The summed E-state index contributed by atoms with van der Waals surface area (Å²) in [6.07, 6.45) is 7.30. The number of nitriles is 1. The molecule has 4 aromatic rings. The predicted molar refractivity (Wildman–Crippen MR) is 139 cm³/mol. The molecule has 0 bridgehead atoms. The average molecular weight is 471 g/mol. The van der Waals surface area contributed by atoms with Crippen LogP contribution in [-0.4, -0.2) is 4.98 Å². The number of aryl methyl sites for hydroxylation is 4. The molecular weight excluding hydrogens is 444 g/mol. The molecule has 4 heteroatoms. The van der Waals surface area contributed by atoms with E-state index in [1.165, 1.54) is 67.9 Å². The number of nitrogens with zero attached hydrogens (tertiary/aromatic N) is 2. The van der Waals surface area contributed by atoms with Crippen molar-refractivity contribution < 1.29 is 0 Å². The third-order valence-corrected chi connectivity index (χ3v) is 8.62. The lowest BCUT2D eigenvalue weighted by Gasteiger charge is -2.34. The Morgan fingerprint density at radius 2 is 1.70 bits per heavy atom. The summed E-state index contributed by atoms with van der Waals surface area (Å²) in [4.78, 5) is 7.96. The fourth-order valence-corrected chi connectivity index (χ4v) is 6.99. The van der Waals surface area contributed by atoms with Crippen LogP contribution in [0.25, 0.3) is 21.3 Å². The van der Waals surface area contributed by atoms with Gasteiger partial charge in [0.1, 0.15) is 4.83 Å². The monoisotopic (exact) mass is 470 g/mol. The first-order chi connectivity index (χ1) is 15.7. The van der Waals surface area contributed by atoms with Crippen LogP contribution in [0.15, 0.2) is 54.6 Å². The summed E-state index contributed by atoms with van der Waals surface area (Å²) in [7, 11) is 0. The van der Waals surface area contributed by atoms with Gasteiger partial charge in [0.2, 0.25) is 0 Å². The Kier molecular flexibility index (Phi) is 5.77. The highest BCUT2D eigenvalue weighted by Crippen LogP contribution is 2.47. The Bertz CT molecular complexity index is 1370. The lowest BCUT2D eigenvalue weighted by Crippen LogP contribution is -2.32. The lowest BCUT2D eigenvalue weighted by atomic mass is 9.68. The third kappa shape index (κ3) is 3.57. The number of hydrogen-bond donors (Lipinski definition) is 0. The Morgan fingerprint density at radius 1 is 0.939 bits per heavy atom. The average Bonchev–Trinajstić information content (AvgIpc) is 3.21. The summed E-state index contributed by atoms with van der Waals surface area (Å²) >= 11 is 1.91. The number of pyridine rings is 1. The molecule has 1 unspecified atom stereocenters. The fraction of sp³-hybridized carbons (Fsp3) is 0.310. The molecule has 0 radical (unpaired) electrons. The van der Waals surface area contributed by atoms with Gasteiger partial charge in [0.15, 0.2) is 0 Å². The lowest BCUT2D eigenvalue weighted by molar-refractivity contribution is 0.468. The molecule has 33 heavy (non-hydrogen) atoms. The van der Waals surface area contributed by atoms with Gasteiger partial charge in [-0.3, -0.25) is 0 Å². The van der Waals surface area contributed by atoms with Crippen LogP contribution in [0.4, 0.5) is 0 Å². The van der Waals surface area contributed by atoms with E-state index in [0.29, 0.717) is 0 Å². The minimum atomic E-state index is -0.487. The molecule has 0 N–H and O–H groups in total. The highest BCUT2D eigenvalue weighted by molar-refractivity contribution is 7.19. The van der Waals surface area contributed by atoms with Crippen LogP contribution in [0.3, 0.4) is 0 Å². The quantitative estimate of drug-likeness (QED) is 0.303. The summed E-state index contributed by atoms with van der Waals surface area (Å²) in [5.74, 6) is 0. The van der Waals surface area contributed by atoms with Gasteiger partial charge in [-0.2, -0.15) is 5.26 Å². The number of aromatic nitrogens is 1. The van der Waals surface area contributed by atoms with Gasteiger partial charge in [0.05, 0.1) is 11.5 Å². The predicted octanol–water partition coefficient (Wildman–Crippen LogP) is 7.52. The molecule has 166 valence electrons. The van der Waals surface area contributed by atoms with E-state index in [4.69, 9.17) is 4.98 Å². The highest BCUT2D eigenvalue weighted by Gasteiger charge is 2.39. The van der Waals surface area contributed by atoms with E-state index in [9.17, 15) is 5.26 Å². The Morgan fingerprint density at radius 3 is 2.45 bits per heavy atom. The molecular formula is C29H27ClN2S. The summed E-state index contributed by atoms with van der Waals surface area (Å²) in [6, 6.07) is 22.1. The maximum absolute atomic E-state index is 10.4. The van der Waals surface area contributed by atoms with E-state index in [1.807, 2.05) is 17.4 Å². The van der Waals surface area contributed by atoms with E-state index < -0.39 is 5.41 Å². The molecule has 2 aromatic heterocycles. The van der Waals surface area contributed by atoms with Crippen LogP contribution in [0.2, 0.25) is 0 Å². The Balaban J connectivity index is 0.00000228. The van der Waals surface area contributed by atoms with Gasteiger partial charge < -0.3 is 0 Å². The van der Waals surface area contributed by atoms with Crippen molar-refractivity contribution in [2.45, 2.75) is 57.3 Å². The van der Waals surface area contributed by atoms with Gasteiger partial charge in [-0.15, -0.1) is 23.7 Å². The smallest absolute Gasteiger partial charge is 0.124 e. The van der Waals surface area contributed by atoms with Crippen LogP contribution in [0.1, 0.15) is 52.1 Å². The molecule has 2 heterocycles. The van der Waals surface area contributed by atoms with Crippen molar-refractivity contribution in [2.24, 2.45) is 0 Å². The minimum absolute atomic E-state index is 0. The van der Waals surface area contributed by atoms with Crippen molar-refractivity contribution in [3.8, 4) is 17.2 Å². The zero-order valence-electron chi connectivity index (χ0n) is 18.9. The molecule has 0 amide bonds.